The first-order chi connectivity index (χ1) is 17.9. The van der Waals surface area contributed by atoms with E-state index in [0.717, 1.165) is 5.56 Å². The van der Waals surface area contributed by atoms with Gasteiger partial charge in [-0.2, -0.15) is 0 Å². The van der Waals surface area contributed by atoms with Crippen LogP contribution in [-0.2, 0) is 21.5 Å². The van der Waals surface area contributed by atoms with Crippen LogP contribution in [0.15, 0.2) is 18.2 Å². The van der Waals surface area contributed by atoms with Gasteiger partial charge >= 0.3 is 5.97 Å². The Morgan fingerprint density at radius 3 is 2.50 bits per heavy atom. The summed E-state index contributed by atoms with van der Waals surface area (Å²) in [6.07, 6.45) is -0.775. The van der Waals surface area contributed by atoms with Crippen LogP contribution in [0.25, 0.3) is 0 Å². The Kier molecular flexibility index (Phi) is 7.27. The molecule has 0 aliphatic carbocycles. The SMILES string of the molecule is CCOC(=O)C1CN(C)c2cc(C(=O)CN3Cc4cc(OC)c(OC)c(F)c4C3=N)cc(C(C)(C)C)c2O1. The Hall–Kier alpha value is -3.82. The summed E-state index contributed by atoms with van der Waals surface area (Å²) in [6, 6.07) is 5.16. The zero-order valence-electron chi connectivity index (χ0n) is 22.9. The van der Waals surface area contributed by atoms with Crippen molar-refractivity contribution in [3.8, 4) is 17.2 Å². The molecule has 0 fully saturated rings. The van der Waals surface area contributed by atoms with E-state index in [-0.39, 0.29) is 54.9 Å². The highest BCUT2D eigenvalue weighted by molar-refractivity contribution is 6.06. The molecule has 0 amide bonds. The number of esters is 1. The lowest BCUT2D eigenvalue weighted by atomic mass is 9.84. The van der Waals surface area contributed by atoms with Gasteiger partial charge in [0.2, 0.25) is 6.10 Å². The lowest BCUT2D eigenvalue weighted by Gasteiger charge is -2.36. The fourth-order valence-electron chi connectivity index (χ4n) is 4.85. The number of hydrogen-bond acceptors (Lipinski definition) is 8. The average Bonchev–Trinajstić information content (AvgIpc) is 3.17. The summed E-state index contributed by atoms with van der Waals surface area (Å²) in [7, 11) is 4.60. The first-order valence-corrected chi connectivity index (χ1v) is 12.4. The number of hydrogen-bond donors (Lipinski definition) is 1. The average molecular weight is 528 g/mol. The highest BCUT2D eigenvalue weighted by Crippen LogP contribution is 2.43. The second-order valence-electron chi connectivity index (χ2n) is 10.4. The van der Waals surface area contributed by atoms with Crippen LogP contribution in [-0.4, -0.2) is 69.6 Å². The van der Waals surface area contributed by atoms with E-state index >= 15 is 4.39 Å². The van der Waals surface area contributed by atoms with Crippen molar-refractivity contribution in [1.82, 2.24) is 4.90 Å². The zero-order valence-corrected chi connectivity index (χ0v) is 22.9. The predicted molar refractivity (Wildman–Crippen MR) is 141 cm³/mol. The summed E-state index contributed by atoms with van der Waals surface area (Å²) in [4.78, 5) is 29.4. The molecule has 0 bridgehead atoms. The van der Waals surface area contributed by atoms with Crippen molar-refractivity contribution in [2.24, 2.45) is 0 Å². The zero-order chi connectivity index (χ0) is 27.9. The molecule has 0 radical (unpaired) electrons. The molecule has 1 unspecified atom stereocenters. The highest BCUT2D eigenvalue weighted by atomic mass is 19.1. The van der Waals surface area contributed by atoms with Gasteiger partial charge in [0.05, 0.1) is 45.2 Å². The van der Waals surface area contributed by atoms with Crippen LogP contribution in [0.2, 0.25) is 0 Å². The maximum atomic E-state index is 15.1. The first kappa shape index (κ1) is 27.2. The number of anilines is 1. The molecule has 0 saturated heterocycles. The van der Waals surface area contributed by atoms with Gasteiger partial charge in [0, 0.05) is 24.7 Å². The molecule has 38 heavy (non-hydrogen) atoms. The van der Waals surface area contributed by atoms with E-state index in [1.54, 1.807) is 25.1 Å². The number of nitrogens with one attached hydrogen (secondary N) is 1. The maximum absolute atomic E-state index is 15.1. The third-order valence-electron chi connectivity index (χ3n) is 6.80. The van der Waals surface area contributed by atoms with Gasteiger partial charge in [0.1, 0.15) is 11.6 Å². The molecule has 2 aliphatic rings. The van der Waals surface area contributed by atoms with Crippen LogP contribution in [0, 0.1) is 11.2 Å². The van der Waals surface area contributed by atoms with Crippen LogP contribution in [0.1, 0.15) is 54.7 Å². The van der Waals surface area contributed by atoms with E-state index in [1.807, 2.05) is 32.7 Å². The number of ether oxygens (including phenoxy) is 4. The normalized spacial score (nSPS) is 16.5. The van der Waals surface area contributed by atoms with Crippen LogP contribution in [0.5, 0.6) is 17.2 Å². The molecule has 1 atom stereocenters. The van der Waals surface area contributed by atoms with Gasteiger partial charge in [-0.3, -0.25) is 10.2 Å². The molecule has 0 spiro atoms. The number of fused-ring (bicyclic) bond motifs is 2. The Morgan fingerprint density at radius 1 is 1.18 bits per heavy atom. The first-order valence-electron chi connectivity index (χ1n) is 12.4. The van der Waals surface area contributed by atoms with Crippen molar-refractivity contribution in [3.63, 3.8) is 0 Å². The molecule has 4 rings (SSSR count). The quantitative estimate of drug-likeness (QED) is 0.427. The smallest absolute Gasteiger partial charge is 0.349 e. The number of nitrogens with zero attached hydrogens (tertiary/aromatic N) is 2. The number of carbonyl (C=O) groups excluding carboxylic acids is 2. The van der Waals surface area contributed by atoms with Crippen LogP contribution < -0.4 is 19.1 Å². The van der Waals surface area contributed by atoms with Crippen molar-refractivity contribution < 1.29 is 32.9 Å². The maximum Gasteiger partial charge on any atom is 0.349 e. The summed E-state index contributed by atoms with van der Waals surface area (Å²) in [6.45, 7) is 8.38. The van der Waals surface area contributed by atoms with Gasteiger partial charge in [0.25, 0.3) is 0 Å². The Balaban J connectivity index is 1.65. The number of ketones is 1. The fourth-order valence-corrected chi connectivity index (χ4v) is 4.85. The standard InChI is InChI=1S/C28H34FN3O6/c1-8-37-27(34)21-14-31(5)18-10-15(9-17(24(18)38-21)28(2,3)4)19(33)13-32-12-16-11-20(35-6)25(36-7)23(29)22(16)26(32)30/h9-11,21,30H,8,12-14H2,1-7H3. The van der Waals surface area contributed by atoms with Gasteiger partial charge < -0.3 is 28.7 Å². The molecule has 10 heteroatoms. The molecule has 0 aromatic heterocycles. The molecular weight excluding hydrogens is 493 g/mol. The van der Waals surface area contributed by atoms with E-state index in [9.17, 15) is 9.59 Å². The van der Waals surface area contributed by atoms with Gasteiger partial charge in [0.15, 0.2) is 23.1 Å². The second-order valence-corrected chi connectivity index (χ2v) is 10.4. The van der Waals surface area contributed by atoms with Crippen LogP contribution in [0.3, 0.4) is 0 Å². The fraction of sp³-hybridized carbons (Fsp3) is 0.464. The predicted octanol–water partition coefficient (Wildman–Crippen LogP) is 3.92. The van der Waals surface area contributed by atoms with E-state index in [0.29, 0.717) is 22.6 Å². The lowest BCUT2D eigenvalue weighted by molar-refractivity contribution is -0.151. The third-order valence-corrected chi connectivity index (χ3v) is 6.80. The Morgan fingerprint density at radius 2 is 1.89 bits per heavy atom. The number of amidine groups is 1. The number of halogens is 1. The highest BCUT2D eigenvalue weighted by Gasteiger charge is 2.36. The summed E-state index contributed by atoms with van der Waals surface area (Å²) < 4.78 is 36.8. The van der Waals surface area contributed by atoms with E-state index in [4.69, 9.17) is 24.4 Å². The van der Waals surface area contributed by atoms with E-state index in [2.05, 4.69) is 0 Å². The summed E-state index contributed by atoms with van der Waals surface area (Å²) in [5.74, 6) is -0.715. The molecule has 204 valence electrons. The molecule has 2 aromatic carbocycles. The van der Waals surface area contributed by atoms with E-state index < -0.39 is 23.3 Å². The van der Waals surface area contributed by atoms with Crippen molar-refractivity contribution in [3.05, 3.63) is 46.3 Å². The van der Waals surface area contributed by atoms with Crippen molar-refractivity contribution >= 4 is 23.3 Å². The minimum absolute atomic E-state index is 0.0714. The number of methoxy groups -OCH3 is 2. The Labute approximate surface area is 221 Å². The van der Waals surface area contributed by atoms with Crippen LogP contribution >= 0.6 is 0 Å². The Bertz CT molecular complexity index is 1300. The second kappa shape index (κ2) is 10.2. The van der Waals surface area contributed by atoms with Gasteiger partial charge in [-0.05, 0) is 36.1 Å². The topological polar surface area (TPSA) is 101 Å². The number of likely N-dealkylation sites (N-methyl/N-ethyl adjacent to an activating group) is 1. The van der Waals surface area contributed by atoms with E-state index in [1.165, 1.54) is 19.1 Å². The largest absolute Gasteiger partial charge is 0.493 e. The number of carbonyl (C=O) groups is 2. The van der Waals surface area contributed by atoms with Gasteiger partial charge in [-0.15, -0.1) is 0 Å². The lowest BCUT2D eigenvalue weighted by Crippen LogP contribution is -2.44. The molecule has 2 heterocycles. The monoisotopic (exact) mass is 527 g/mol. The molecule has 2 aliphatic heterocycles. The van der Waals surface area contributed by atoms with Crippen LogP contribution in [0.4, 0.5) is 10.1 Å². The van der Waals surface area contributed by atoms with Crippen molar-refractivity contribution in [2.75, 3.05) is 45.9 Å². The number of benzene rings is 2. The summed E-state index contributed by atoms with van der Waals surface area (Å²) in [5, 5.41) is 8.57. The van der Waals surface area contributed by atoms with Gasteiger partial charge in [-0.25, -0.2) is 9.18 Å². The third kappa shape index (κ3) is 4.75. The summed E-state index contributed by atoms with van der Waals surface area (Å²) >= 11 is 0. The molecular formula is C28H34FN3O6. The minimum atomic E-state index is -0.775. The molecule has 0 saturated carbocycles. The molecule has 9 nitrogen and oxygen atoms in total. The number of Topliss-reactive ketones (excluding diaryl/α,β-unsaturated/α-hetero) is 1. The molecule has 2 aromatic rings. The van der Waals surface area contributed by atoms with Crippen molar-refractivity contribution in [2.45, 2.75) is 45.8 Å². The van der Waals surface area contributed by atoms with Crippen molar-refractivity contribution in [1.29, 1.82) is 5.41 Å². The summed E-state index contributed by atoms with van der Waals surface area (Å²) in [5.41, 5.74) is 2.18. The van der Waals surface area contributed by atoms with Gasteiger partial charge in [-0.1, -0.05) is 20.8 Å². The molecule has 1 N–H and O–H groups in total. The minimum Gasteiger partial charge on any atom is -0.493 e. The number of rotatable bonds is 7.